The first-order valence-corrected chi connectivity index (χ1v) is 3.78. The molecule has 0 aliphatic heterocycles. The van der Waals surface area contributed by atoms with Crippen LogP contribution < -0.4 is 0 Å². The average Bonchev–Trinajstić information content (AvgIpc) is 1.84. The molecule has 0 saturated carbocycles. The number of ether oxygens (including phenoxy) is 2. The SMILES string of the molecule is COC(C)(C)CC(O)OC(C)=O. The molecule has 0 amide bonds. The second-order valence-electron chi connectivity index (χ2n) is 3.23. The Labute approximate surface area is 72.5 Å². The zero-order chi connectivity index (χ0) is 9.78. The van der Waals surface area contributed by atoms with Gasteiger partial charge in [-0.15, -0.1) is 0 Å². The highest BCUT2D eigenvalue weighted by molar-refractivity contribution is 5.65. The summed E-state index contributed by atoms with van der Waals surface area (Å²) in [5.74, 6) is -0.491. The molecule has 0 saturated heterocycles. The molecule has 72 valence electrons. The van der Waals surface area contributed by atoms with Crippen LogP contribution in [-0.4, -0.2) is 30.1 Å². The zero-order valence-corrected chi connectivity index (χ0v) is 7.96. The van der Waals surface area contributed by atoms with Crippen LogP contribution in [0.15, 0.2) is 0 Å². The summed E-state index contributed by atoms with van der Waals surface area (Å²) in [6, 6.07) is 0. The molecule has 12 heavy (non-hydrogen) atoms. The molecule has 0 aliphatic carbocycles. The van der Waals surface area contributed by atoms with E-state index in [1.807, 2.05) is 0 Å². The molecule has 0 heterocycles. The first-order chi connectivity index (χ1) is 5.37. The van der Waals surface area contributed by atoms with E-state index < -0.39 is 17.9 Å². The third-order valence-electron chi connectivity index (χ3n) is 1.52. The van der Waals surface area contributed by atoms with Gasteiger partial charge in [-0.25, -0.2) is 0 Å². The number of esters is 1. The van der Waals surface area contributed by atoms with Gasteiger partial charge in [-0.2, -0.15) is 0 Å². The van der Waals surface area contributed by atoms with E-state index in [9.17, 15) is 4.79 Å². The molecule has 0 fully saturated rings. The predicted octanol–water partition coefficient (Wildman–Crippen LogP) is 0.683. The lowest BCUT2D eigenvalue weighted by Gasteiger charge is -2.25. The van der Waals surface area contributed by atoms with E-state index in [-0.39, 0.29) is 6.42 Å². The van der Waals surface area contributed by atoms with E-state index in [0.717, 1.165) is 0 Å². The van der Waals surface area contributed by atoms with Gasteiger partial charge < -0.3 is 14.6 Å². The maximum Gasteiger partial charge on any atom is 0.304 e. The molecule has 0 aromatic carbocycles. The van der Waals surface area contributed by atoms with Gasteiger partial charge in [0.15, 0.2) is 0 Å². The molecule has 1 unspecified atom stereocenters. The van der Waals surface area contributed by atoms with Crippen molar-refractivity contribution in [2.24, 2.45) is 0 Å². The van der Waals surface area contributed by atoms with Crippen LogP contribution in [0.1, 0.15) is 27.2 Å². The Morgan fingerprint density at radius 2 is 2.08 bits per heavy atom. The Kier molecular flexibility index (Phi) is 4.20. The van der Waals surface area contributed by atoms with Crippen LogP contribution in [0.25, 0.3) is 0 Å². The number of carbonyl (C=O) groups is 1. The summed E-state index contributed by atoms with van der Waals surface area (Å²) in [7, 11) is 1.54. The minimum absolute atomic E-state index is 0.267. The minimum Gasteiger partial charge on any atom is -0.436 e. The van der Waals surface area contributed by atoms with E-state index in [1.165, 1.54) is 6.92 Å². The second kappa shape index (κ2) is 4.42. The fourth-order valence-electron chi connectivity index (χ4n) is 0.737. The first kappa shape index (κ1) is 11.4. The molecule has 0 aliphatic rings. The van der Waals surface area contributed by atoms with E-state index in [1.54, 1.807) is 21.0 Å². The van der Waals surface area contributed by atoms with Gasteiger partial charge in [-0.05, 0) is 13.8 Å². The Balaban J connectivity index is 3.83. The smallest absolute Gasteiger partial charge is 0.304 e. The summed E-state index contributed by atoms with van der Waals surface area (Å²) < 4.78 is 9.56. The van der Waals surface area contributed by atoms with Gasteiger partial charge in [0, 0.05) is 20.5 Å². The number of hydrogen-bond donors (Lipinski definition) is 1. The second-order valence-corrected chi connectivity index (χ2v) is 3.23. The normalized spacial score (nSPS) is 14.1. The first-order valence-electron chi connectivity index (χ1n) is 3.78. The average molecular weight is 176 g/mol. The highest BCUT2D eigenvalue weighted by Crippen LogP contribution is 2.15. The van der Waals surface area contributed by atoms with Crippen LogP contribution in [-0.2, 0) is 14.3 Å². The molecule has 0 aromatic heterocycles. The largest absolute Gasteiger partial charge is 0.436 e. The molecule has 1 atom stereocenters. The number of methoxy groups -OCH3 is 1. The number of hydrogen-bond acceptors (Lipinski definition) is 4. The van der Waals surface area contributed by atoms with Gasteiger partial charge in [-0.3, -0.25) is 4.79 Å². The Morgan fingerprint density at radius 1 is 1.58 bits per heavy atom. The van der Waals surface area contributed by atoms with Gasteiger partial charge in [0.1, 0.15) is 0 Å². The molecule has 0 radical (unpaired) electrons. The summed E-state index contributed by atoms with van der Waals surface area (Å²) in [5, 5.41) is 9.16. The van der Waals surface area contributed by atoms with Crippen LogP contribution >= 0.6 is 0 Å². The summed E-state index contributed by atoms with van der Waals surface area (Å²) in [5.41, 5.74) is -0.477. The number of rotatable bonds is 4. The lowest BCUT2D eigenvalue weighted by atomic mass is 10.1. The van der Waals surface area contributed by atoms with Crippen molar-refractivity contribution in [3.8, 4) is 0 Å². The predicted molar refractivity (Wildman–Crippen MR) is 43.5 cm³/mol. The topological polar surface area (TPSA) is 55.8 Å². The zero-order valence-electron chi connectivity index (χ0n) is 7.96. The lowest BCUT2D eigenvalue weighted by molar-refractivity contribution is -0.174. The van der Waals surface area contributed by atoms with Gasteiger partial charge in [0.05, 0.1) is 5.60 Å². The van der Waals surface area contributed by atoms with Crippen molar-refractivity contribution in [3.63, 3.8) is 0 Å². The molecular weight excluding hydrogens is 160 g/mol. The summed E-state index contributed by atoms with van der Waals surface area (Å²) in [6.07, 6.45) is -0.819. The van der Waals surface area contributed by atoms with Crippen molar-refractivity contribution in [3.05, 3.63) is 0 Å². The van der Waals surface area contributed by atoms with Gasteiger partial charge >= 0.3 is 5.97 Å². The van der Waals surface area contributed by atoms with Crippen molar-refractivity contribution in [1.82, 2.24) is 0 Å². The summed E-state index contributed by atoms with van der Waals surface area (Å²) in [4.78, 5) is 10.4. The van der Waals surface area contributed by atoms with E-state index in [4.69, 9.17) is 9.84 Å². The Hall–Kier alpha value is -0.610. The molecule has 0 spiro atoms. The maximum absolute atomic E-state index is 10.4. The van der Waals surface area contributed by atoms with Crippen LogP contribution in [0.2, 0.25) is 0 Å². The maximum atomic E-state index is 10.4. The number of aliphatic hydroxyl groups excluding tert-OH is 1. The monoisotopic (exact) mass is 176 g/mol. The fraction of sp³-hybridized carbons (Fsp3) is 0.875. The third-order valence-corrected chi connectivity index (χ3v) is 1.52. The molecule has 0 bridgehead atoms. The van der Waals surface area contributed by atoms with Crippen molar-refractivity contribution < 1.29 is 19.4 Å². The molecule has 0 rings (SSSR count). The Morgan fingerprint density at radius 3 is 2.42 bits per heavy atom. The van der Waals surface area contributed by atoms with Gasteiger partial charge in [-0.1, -0.05) is 0 Å². The van der Waals surface area contributed by atoms with E-state index in [2.05, 4.69) is 4.74 Å². The quantitative estimate of drug-likeness (QED) is 0.505. The molecule has 1 N–H and O–H groups in total. The van der Waals surface area contributed by atoms with Gasteiger partial charge in [0.25, 0.3) is 0 Å². The van der Waals surface area contributed by atoms with Crippen molar-refractivity contribution >= 4 is 5.97 Å². The molecule has 4 nitrogen and oxygen atoms in total. The minimum atomic E-state index is -1.09. The highest BCUT2D eigenvalue weighted by atomic mass is 16.6. The van der Waals surface area contributed by atoms with Gasteiger partial charge in [0.2, 0.25) is 6.29 Å². The highest BCUT2D eigenvalue weighted by Gasteiger charge is 2.22. The van der Waals surface area contributed by atoms with Crippen LogP contribution in [0, 0.1) is 0 Å². The van der Waals surface area contributed by atoms with E-state index >= 15 is 0 Å². The third kappa shape index (κ3) is 5.09. The number of aliphatic hydroxyl groups is 1. The van der Waals surface area contributed by atoms with Crippen LogP contribution in [0.3, 0.4) is 0 Å². The van der Waals surface area contributed by atoms with Crippen LogP contribution in [0.5, 0.6) is 0 Å². The number of carbonyl (C=O) groups excluding carboxylic acids is 1. The van der Waals surface area contributed by atoms with E-state index in [0.29, 0.717) is 0 Å². The fourth-order valence-corrected chi connectivity index (χ4v) is 0.737. The molecule has 4 heteroatoms. The van der Waals surface area contributed by atoms with Crippen molar-refractivity contribution in [2.75, 3.05) is 7.11 Å². The van der Waals surface area contributed by atoms with Crippen molar-refractivity contribution in [1.29, 1.82) is 0 Å². The summed E-state index contributed by atoms with van der Waals surface area (Å²) in [6.45, 7) is 4.86. The standard InChI is InChI=1S/C8H16O4/c1-6(9)12-7(10)5-8(2,3)11-4/h7,10H,5H2,1-4H3. The Bertz CT molecular complexity index is 153. The lowest BCUT2D eigenvalue weighted by Crippen LogP contribution is -2.30. The van der Waals surface area contributed by atoms with Crippen molar-refractivity contribution in [2.45, 2.75) is 39.1 Å². The molecular formula is C8H16O4. The summed E-state index contributed by atoms with van der Waals surface area (Å²) >= 11 is 0. The molecule has 0 aromatic rings. The van der Waals surface area contributed by atoms with Crippen LogP contribution in [0.4, 0.5) is 0 Å².